The van der Waals surface area contributed by atoms with E-state index >= 15 is 0 Å². The summed E-state index contributed by atoms with van der Waals surface area (Å²) in [7, 11) is 0. The minimum atomic E-state index is 0.213. The maximum Gasteiger partial charge on any atom is 0.0690 e. The summed E-state index contributed by atoms with van der Waals surface area (Å²) in [6, 6.07) is 0. The van der Waals surface area contributed by atoms with Gasteiger partial charge in [-0.05, 0) is 38.5 Å². The second-order valence-electron chi connectivity index (χ2n) is 3.74. The lowest BCUT2D eigenvalue weighted by Crippen LogP contribution is -2.33. The molecule has 0 aromatic heterocycles. The zero-order chi connectivity index (χ0) is 7.73. The van der Waals surface area contributed by atoms with Crippen molar-refractivity contribution >= 4 is 5.71 Å². The molecule has 0 aromatic rings. The first-order valence-corrected chi connectivity index (χ1v) is 4.51. The van der Waals surface area contributed by atoms with E-state index in [-0.39, 0.29) is 5.60 Å². The van der Waals surface area contributed by atoms with Crippen LogP contribution in [-0.4, -0.2) is 17.9 Å². The highest BCUT2D eigenvalue weighted by Crippen LogP contribution is 2.37. The molecule has 1 saturated carbocycles. The third-order valence-corrected chi connectivity index (χ3v) is 2.95. The quantitative estimate of drug-likeness (QED) is 0.568. The van der Waals surface area contributed by atoms with E-state index in [9.17, 15) is 0 Å². The van der Waals surface area contributed by atoms with Crippen molar-refractivity contribution in [1.29, 1.82) is 5.41 Å². The molecule has 0 radical (unpaired) electrons. The van der Waals surface area contributed by atoms with Crippen LogP contribution in [0, 0.1) is 5.41 Å². The molecular weight excluding hydrogens is 138 g/mol. The Balaban J connectivity index is 1.99. The molecule has 0 amide bonds. The standard InChI is InChI=1S/C9H15NO/c10-8-2-5-9(6-3-8)4-1-7-11-9/h10H,1-7H2. The smallest absolute Gasteiger partial charge is 0.0690 e. The van der Waals surface area contributed by atoms with Crippen molar-refractivity contribution in [3.05, 3.63) is 0 Å². The lowest BCUT2D eigenvalue weighted by atomic mass is 9.82. The van der Waals surface area contributed by atoms with E-state index in [1.165, 1.54) is 12.8 Å². The fourth-order valence-corrected chi connectivity index (χ4v) is 2.16. The average molecular weight is 153 g/mol. The molecule has 2 rings (SSSR count). The molecule has 0 unspecified atom stereocenters. The molecule has 1 spiro atoms. The molecule has 2 heteroatoms. The Morgan fingerprint density at radius 2 is 1.91 bits per heavy atom. The minimum absolute atomic E-state index is 0.213. The normalized spacial score (nSPS) is 38.4. The van der Waals surface area contributed by atoms with Crippen molar-refractivity contribution in [1.82, 2.24) is 0 Å². The summed E-state index contributed by atoms with van der Waals surface area (Å²) in [6.07, 6.45) is 6.62. The van der Waals surface area contributed by atoms with Crippen molar-refractivity contribution < 1.29 is 4.74 Å². The summed E-state index contributed by atoms with van der Waals surface area (Å²) in [5, 5.41) is 7.48. The van der Waals surface area contributed by atoms with Crippen molar-refractivity contribution in [2.24, 2.45) is 0 Å². The maximum absolute atomic E-state index is 7.48. The van der Waals surface area contributed by atoms with Gasteiger partial charge in [-0.2, -0.15) is 0 Å². The highest BCUT2D eigenvalue weighted by molar-refractivity contribution is 5.82. The van der Waals surface area contributed by atoms with Crippen LogP contribution in [0.2, 0.25) is 0 Å². The number of nitrogens with one attached hydrogen (secondary N) is 1. The van der Waals surface area contributed by atoms with Crippen LogP contribution >= 0.6 is 0 Å². The fourth-order valence-electron chi connectivity index (χ4n) is 2.16. The Morgan fingerprint density at radius 3 is 2.45 bits per heavy atom. The van der Waals surface area contributed by atoms with E-state index in [1.54, 1.807) is 0 Å². The van der Waals surface area contributed by atoms with Gasteiger partial charge in [-0.15, -0.1) is 0 Å². The molecule has 1 saturated heterocycles. The van der Waals surface area contributed by atoms with Gasteiger partial charge in [0.05, 0.1) is 5.60 Å². The zero-order valence-electron chi connectivity index (χ0n) is 6.86. The number of rotatable bonds is 0. The van der Waals surface area contributed by atoms with Crippen LogP contribution in [0.5, 0.6) is 0 Å². The molecule has 1 heterocycles. The first kappa shape index (κ1) is 7.29. The highest BCUT2D eigenvalue weighted by atomic mass is 16.5. The van der Waals surface area contributed by atoms with Crippen LogP contribution in [0.1, 0.15) is 38.5 Å². The fraction of sp³-hybridized carbons (Fsp3) is 0.889. The monoisotopic (exact) mass is 153 g/mol. The van der Waals surface area contributed by atoms with Gasteiger partial charge in [-0.25, -0.2) is 0 Å². The van der Waals surface area contributed by atoms with E-state index in [1.807, 2.05) is 0 Å². The minimum Gasteiger partial charge on any atom is -0.375 e. The topological polar surface area (TPSA) is 33.1 Å². The summed E-state index contributed by atoms with van der Waals surface area (Å²) >= 11 is 0. The first-order chi connectivity index (χ1) is 5.31. The van der Waals surface area contributed by atoms with Crippen LogP contribution in [0.3, 0.4) is 0 Å². The lowest BCUT2D eigenvalue weighted by Gasteiger charge is -2.32. The predicted octanol–water partition coefficient (Wildman–Crippen LogP) is 2.13. The van der Waals surface area contributed by atoms with E-state index in [0.29, 0.717) is 0 Å². The van der Waals surface area contributed by atoms with Gasteiger partial charge in [0.15, 0.2) is 0 Å². The molecule has 1 N–H and O–H groups in total. The van der Waals surface area contributed by atoms with Gasteiger partial charge in [0.25, 0.3) is 0 Å². The zero-order valence-corrected chi connectivity index (χ0v) is 6.86. The van der Waals surface area contributed by atoms with Crippen LogP contribution in [0.4, 0.5) is 0 Å². The average Bonchev–Trinajstić information content (AvgIpc) is 2.45. The molecule has 62 valence electrons. The molecule has 1 aliphatic heterocycles. The molecule has 0 atom stereocenters. The predicted molar refractivity (Wildman–Crippen MR) is 44.1 cm³/mol. The van der Waals surface area contributed by atoms with Crippen molar-refractivity contribution in [3.63, 3.8) is 0 Å². The number of hydrogen-bond acceptors (Lipinski definition) is 2. The van der Waals surface area contributed by atoms with Gasteiger partial charge in [0.1, 0.15) is 0 Å². The largest absolute Gasteiger partial charge is 0.375 e. The first-order valence-electron chi connectivity index (χ1n) is 4.51. The van der Waals surface area contributed by atoms with Crippen molar-refractivity contribution in [3.8, 4) is 0 Å². The van der Waals surface area contributed by atoms with Crippen LogP contribution in [0.15, 0.2) is 0 Å². The van der Waals surface area contributed by atoms with Crippen LogP contribution < -0.4 is 0 Å². The Morgan fingerprint density at radius 1 is 1.18 bits per heavy atom. The Labute approximate surface area is 67.4 Å². The summed E-state index contributed by atoms with van der Waals surface area (Å²) in [5.74, 6) is 0. The molecule has 1 aliphatic carbocycles. The van der Waals surface area contributed by atoms with Gasteiger partial charge in [0, 0.05) is 12.3 Å². The van der Waals surface area contributed by atoms with Crippen molar-refractivity contribution in [2.45, 2.75) is 44.1 Å². The summed E-state index contributed by atoms with van der Waals surface area (Å²) in [6.45, 7) is 0.952. The van der Waals surface area contributed by atoms with E-state index < -0.39 is 0 Å². The van der Waals surface area contributed by atoms with Gasteiger partial charge >= 0.3 is 0 Å². The highest BCUT2D eigenvalue weighted by Gasteiger charge is 2.37. The van der Waals surface area contributed by atoms with Crippen LogP contribution in [-0.2, 0) is 4.74 Å². The SMILES string of the molecule is N=C1CCC2(CCCO2)CC1. The molecule has 0 bridgehead atoms. The summed E-state index contributed by atoms with van der Waals surface area (Å²) in [4.78, 5) is 0. The number of ether oxygens (including phenoxy) is 1. The third kappa shape index (κ3) is 1.32. The Bertz CT molecular complexity index is 158. The van der Waals surface area contributed by atoms with E-state index in [2.05, 4.69) is 0 Å². The summed E-state index contributed by atoms with van der Waals surface area (Å²) < 4.78 is 5.73. The maximum atomic E-state index is 7.48. The van der Waals surface area contributed by atoms with E-state index in [4.69, 9.17) is 10.1 Å². The summed E-state index contributed by atoms with van der Waals surface area (Å²) in [5.41, 5.74) is 1.14. The Hall–Kier alpha value is -0.370. The Kier molecular flexibility index (Phi) is 1.72. The van der Waals surface area contributed by atoms with Gasteiger partial charge in [-0.3, -0.25) is 0 Å². The molecule has 11 heavy (non-hydrogen) atoms. The molecular formula is C9H15NO. The molecule has 2 aliphatic rings. The second kappa shape index (κ2) is 2.59. The van der Waals surface area contributed by atoms with E-state index in [0.717, 1.165) is 38.0 Å². The third-order valence-electron chi connectivity index (χ3n) is 2.95. The second-order valence-corrected chi connectivity index (χ2v) is 3.74. The van der Waals surface area contributed by atoms with Gasteiger partial charge in [-0.1, -0.05) is 0 Å². The van der Waals surface area contributed by atoms with Gasteiger partial charge in [0.2, 0.25) is 0 Å². The van der Waals surface area contributed by atoms with Gasteiger partial charge < -0.3 is 10.1 Å². The lowest BCUT2D eigenvalue weighted by molar-refractivity contribution is -0.0114. The van der Waals surface area contributed by atoms with Crippen molar-refractivity contribution in [2.75, 3.05) is 6.61 Å². The number of hydrogen-bond donors (Lipinski definition) is 1. The molecule has 0 aromatic carbocycles. The molecule has 2 fully saturated rings. The molecule has 2 nitrogen and oxygen atoms in total. The van der Waals surface area contributed by atoms with Crippen LogP contribution in [0.25, 0.3) is 0 Å².